The van der Waals surface area contributed by atoms with Crippen molar-refractivity contribution in [2.24, 2.45) is 0 Å². The molecule has 4 heterocycles. The molecule has 198 valence electrons. The van der Waals surface area contributed by atoms with Crippen LogP contribution in [0.4, 0.5) is 17.6 Å². The third kappa shape index (κ3) is 5.00. The van der Waals surface area contributed by atoms with E-state index in [1.807, 2.05) is 17.1 Å². The number of aryl methyl sites for hydroxylation is 1. The Balaban J connectivity index is 1.40. The summed E-state index contributed by atoms with van der Waals surface area (Å²) in [4.78, 5) is 13.9. The van der Waals surface area contributed by atoms with Gasteiger partial charge in [0.1, 0.15) is 22.8 Å². The lowest BCUT2D eigenvalue weighted by Gasteiger charge is -2.29. The second-order valence-corrected chi connectivity index (χ2v) is 9.78. The fourth-order valence-corrected chi connectivity index (χ4v) is 4.91. The first-order valence-electron chi connectivity index (χ1n) is 12.5. The van der Waals surface area contributed by atoms with Crippen molar-refractivity contribution in [2.75, 3.05) is 6.61 Å². The average molecular weight is 528 g/mol. The molecule has 1 aromatic carbocycles. The van der Waals surface area contributed by atoms with Crippen LogP contribution < -0.4 is 0 Å². The van der Waals surface area contributed by atoms with Crippen LogP contribution in [-0.4, -0.2) is 38.0 Å². The zero-order chi connectivity index (χ0) is 26.4. The topological polar surface area (TPSA) is 75.0 Å². The van der Waals surface area contributed by atoms with Gasteiger partial charge >= 0.3 is 6.61 Å². The molecule has 2 atom stereocenters. The zero-order valence-electron chi connectivity index (χ0n) is 20.6. The fourth-order valence-electron chi connectivity index (χ4n) is 4.91. The quantitative estimate of drug-likeness (QED) is 0.267. The summed E-state index contributed by atoms with van der Waals surface area (Å²) in [6, 6.07) is 5.49. The second kappa shape index (κ2) is 10.0. The predicted octanol–water partition coefficient (Wildman–Crippen LogP) is 6.18. The third-order valence-corrected chi connectivity index (χ3v) is 7.09. The number of aromatic nitrogens is 5. The Labute approximate surface area is 215 Å². The van der Waals surface area contributed by atoms with Crippen LogP contribution in [0.2, 0.25) is 0 Å². The van der Waals surface area contributed by atoms with Gasteiger partial charge in [0.05, 0.1) is 41.9 Å². The van der Waals surface area contributed by atoms with E-state index in [0.29, 0.717) is 42.4 Å². The van der Waals surface area contributed by atoms with Crippen molar-refractivity contribution in [1.82, 2.24) is 24.7 Å². The van der Waals surface area contributed by atoms with Crippen LogP contribution in [0.3, 0.4) is 0 Å². The number of hydrogen-bond acceptors (Lipinski definition) is 6. The van der Waals surface area contributed by atoms with Gasteiger partial charge in [-0.2, -0.15) is 13.9 Å². The Morgan fingerprint density at radius 1 is 1.11 bits per heavy atom. The Hall–Kier alpha value is -3.44. The molecule has 0 amide bonds. The van der Waals surface area contributed by atoms with Crippen LogP contribution in [0.25, 0.3) is 22.3 Å². The maximum atomic E-state index is 14.9. The molecule has 2 aliphatic rings. The molecule has 1 saturated carbocycles. The number of hydrogen-bond donors (Lipinski definition) is 0. The largest absolute Gasteiger partial charge is 0.373 e. The van der Waals surface area contributed by atoms with Gasteiger partial charge in [-0.05, 0) is 50.8 Å². The molecule has 38 heavy (non-hydrogen) atoms. The van der Waals surface area contributed by atoms with E-state index >= 15 is 0 Å². The number of fused-ring (bicyclic) bond motifs is 1. The lowest BCUT2D eigenvalue weighted by Crippen LogP contribution is -2.19. The van der Waals surface area contributed by atoms with E-state index in [1.165, 1.54) is 6.07 Å². The summed E-state index contributed by atoms with van der Waals surface area (Å²) in [5.74, 6) is -1.55. The van der Waals surface area contributed by atoms with Gasteiger partial charge in [-0.15, -0.1) is 0 Å². The van der Waals surface area contributed by atoms with Gasteiger partial charge in [-0.25, -0.2) is 23.7 Å². The molecule has 0 spiro atoms. The highest BCUT2D eigenvalue weighted by Gasteiger charge is 2.30. The van der Waals surface area contributed by atoms with Crippen molar-refractivity contribution >= 4 is 11.0 Å². The first kappa shape index (κ1) is 24.9. The number of ether oxygens (including phenoxy) is 2. The lowest BCUT2D eigenvalue weighted by molar-refractivity contribution is -0.138. The maximum absolute atomic E-state index is 14.9. The number of halogens is 4. The SMILES string of the molecule is Cc1nc2cc(C3CCOC(c4cnn(C5CC5)c4)C3)nc(-c3ccc(F)cc3F)c2nc1COC(F)F. The lowest BCUT2D eigenvalue weighted by atomic mass is 9.89. The molecule has 1 aliphatic carbocycles. The van der Waals surface area contributed by atoms with Gasteiger partial charge in [0, 0.05) is 41.6 Å². The van der Waals surface area contributed by atoms with Crippen molar-refractivity contribution in [3.63, 3.8) is 0 Å². The number of alkyl halides is 2. The van der Waals surface area contributed by atoms with Crippen LogP contribution in [-0.2, 0) is 16.1 Å². The predicted molar refractivity (Wildman–Crippen MR) is 129 cm³/mol. The number of nitrogens with zero attached hydrogens (tertiary/aromatic N) is 5. The second-order valence-electron chi connectivity index (χ2n) is 9.78. The van der Waals surface area contributed by atoms with Crippen LogP contribution in [0, 0.1) is 18.6 Å². The molecular weight excluding hydrogens is 502 g/mol. The number of benzene rings is 1. The zero-order valence-corrected chi connectivity index (χ0v) is 20.6. The number of pyridine rings is 1. The Bertz CT molecular complexity index is 1490. The van der Waals surface area contributed by atoms with Gasteiger partial charge in [0.2, 0.25) is 0 Å². The first-order chi connectivity index (χ1) is 18.4. The molecule has 0 N–H and O–H groups in total. The summed E-state index contributed by atoms with van der Waals surface area (Å²) in [6.07, 6.45) is 7.33. The minimum absolute atomic E-state index is 0.0198. The maximum Gasteiger partial charge on any atom is 0.345 e. The molecule has 1 aliphatic heterocycles. The van der Waals surface area contributed by atoms with Crippen LogP contribution in [0.1, 0.15) is 66.4 Å². The van der Waals surface area contributed by atoms with Gasteiger partial charge in [0.15, 0.2) is 0 Å². The van der Waals surface area contributed by atoms with Gasteiger partial charge in [0.25, 0.3) is 0 Å². The monoisotopic (exact) mass is 527 g/mol. The molecule has 7 nitrogen and oxygen atoms in total. The third-order valence-electron chi connectivity index (χ3n) is 7.09. The van der Waals surface area contributed by atoms with E-state index in [4.69, 9.17) is 9.72 Å². The summed E-state index contributed by atoms with van der Waals surface area (Å²) in [6.45, 7) is -1.27. The van der Waals surface area contributed by atoms with Crippen LogP contribution >= 0.6 is 0 Å². The van der Waals surface area contributed by atoms with E-state index in [9.17, 15) is 17.6 Å². The first-order valence-corrected chi connectivity index (χ1v) is 12.5. The van der Waals surface area contributed by atoms with Crippen molar-refractivity contribution in [3.05, 3.63) is 70.9 Å². The summed E-state index contributed by atoms with van der Waals surface area (Å²) in [5, 5.41) is 4.48. The Morgan fingerprint density at radius 3 is 2.71 bits per heavy atom. The molecule has 0 radical (unpaired) electrons. The normalized spacial score (nSPS) is 19.9. The van der Waals surface area contributed by atoms with Gasteiger partial charge in [-0.3, -0.25) is 4.68 Å². The number of rotatable bonds is 7. The molecule has 1 saturated heterocycles. The Morgan fingerprint density at radius 2 is 1.95 bits per heavy atom. The average Bonchev–Trinajstić information content (AvgIpc) is 3.63. The van der Waals surface area contributed by atoms with E-state index in [-0.39, 0.29) is 34.5 Å². The molecule has 4 aromatic rings. The molecule has 2 fully saturated rings. The minimum Gasteiger partial charge on any atom is -0.373 e. The van der Waals surface area contributed by atoms with E-state index in [1.54, 1.807) is 13.0 Å². The molecule has 3 aromatic heterocycles. The van der Waals surface area contributed by atoms with Crippen molar-refractivity contribution in [1.29, 1.82) is 0 Å². The molecule has 11 heteroatoms. The molecule has 2 unspecified atom stereocenters. The van der Waals surface area contributed by atoms with E-state index in [2.05, 4.69) is 19.8 Å². The standard InChI is InChI=1S/C27H25F4N5O2/c1-14-23(13-38-27(30)31)35-26-22(33-14)10-21(34-25(26)19-5-2-17(28)9-20(19)29)15-6-7-37-24(8-15)16-11-32-36(12-16)18-3-4-18/h2,5,9-12,15,18,24,27H,3-4,6-8,13H2,1H3. The van der Waals surface area contributed by atoms with Crippen LogP contribution in [0.15, 0.2) is 36.7 Å². The van der Waals surface area contributed by atoms with Crippen molar-refractivity contribution < 1.29 is 27.0 Å². The molecule has 0 bridgehead atoms. The summed E-state index contributed by atoms with van der Waals surface area (Å²) in [5.41, 5.74) is 3.18. The van der Waals surface area contributed by atoms with E-state index < -0.39 is 24.9 Å². The highest BCUT2D eigenvalue weighted by atomic mass is 19.3. The van der Waals surface area contributed by atoms with Crippen molar-refractivity contribution in [3.8, 4) is 11.3 Å². The van der Waals surface area contributed by atoms with Crippen LogP contribution in [0.5, 0.6) is 0 Å². The smallest absolute Gasteiger partial charge is 0.345 e. The fraction of sp³-hybridized carbons (Fsp3) is 0.407. The molecular formula is C27H25F4N5O2. The van der Waals surface area contributed by atoms with E-state index in [0.717, 1.165) is 30.5 Å². The van der Waals surface area contributed by atoms with Gasteiger partial charge in [-0.1, -0.05) is 0 Å². The Kier molecular flexibility index (Phi) is 6.56. The highest BCUT2D eigenvalue weighted by Crippen LogP contribution is 2.40. The summed E-state index contributed by atoms with van der Waals surface area (Å²) >= 11 is 0. The molecule has 6 rings (SSSR count). The summed E-state index contributed by atoms with van der Waals surface area (Å²) in [7, 11) is 0. The summed E-state index contributed by atoms with van der Waals surface area (Å²) < 4.78 is 66.5. The van der Waals surface area contributed by atoms with Gasteiger partial charge < -0.3 is 9.47 Å². The van der Waals surface area contributed by atoms with Crippen molar-refractivity contribution in [2.45, 2.75) is 63.9 Å². The highest BCUT2D eigenvalue weighted by molar-refractivity contribution is 5.89. The minimum atomic E-state index is -2.97.